The molecule has 28 heteroatoms. The van der Waals surface area contributed by atoms with Crippen LogP contribution in [0.15, 0.2) is 40.3 Å². The van der Waals surface area contributed by atoms with Crippen LogP contribution >= 0.6 is 11.8 Å². The molecule has 1 aromatic carbocycles. The van der Waals surface area contributed by atoms with Gasteiger partial charge in [-0.3, -0.25) is 53.1 Å². The van der Waals surface area contributed by atoms with Crippen LogP contribution in [-0.4, -0.2) is 161 Å². The lowest BCUT2D eigenvalue weighted by Crippen LogP contribution is -2.60. The van der Waals surface area contributed by atoms with Crippen LogP contribution in [0, 0.1) is 11.8 Å². The molecule has 20 N–H and O–H groups in total. The van der Waals surface area contributed by atoms with Gasteiger partial charge in [0.15, 0.2) is 11.9 Å². The fraction of sp³-hybridized carbons (Fsp3) is 0.617. The quantitative estimate of drug-likeness (QED) is 0.0177. The van der Waals surface area contributed by atoms with Crippen LogP contribution in [0.3, 0.4) is 0 Å². The Morgan fingerprint density at radius 2 is 1.03 bits per heavy atom. The summed E-state index contributed by atoms with van der Waals surface area (Å²) in [5, 5.41) is 39.8. The molecule has 8 atom stereocenters. The largest absolute Gasteiger partial charge is 0.481 e. The first-order valence-corrected chi connectivity index (χ1v) is 25.9. The number of carboxylic acids is 2. The third kappa shape index (κ3) is 27.6. The molecule has 0 bridgehead atoms. The Morgan fingerprint density at radius 1 is 0.573 bits per heavy atom. The highest BCUT2D eigenvalue weighted by atomic mass is 32.2. The normalized spacial score (nSPS) is 14.1. The number of nitrogens with one attached hydrogen (secondary N) is 8. The number of amides is 8. The fourth-order valence-corrected chi connectivity index (χ4v) is 7.51. The van der Waals surface area contributed by atoms with Crippen LogP contribution in [0.1, 0.15) is 91.5 Å². The minimum Gasteiger partial charge on any atom is -0.481 e. The van der Waals surface area contributed by atoms with E-state index in [0.29, 0.717) is 11.3 Å². The van der Waals surface area contributed by atoms with Crippen molar-refractivity contribution < 1.29 is 58.2 Å². The number of nitrogens with two attached hydrogens (primary N) is 5. The average Bonchev–Trinajstić information content (AvgIpc) is 3.33. The predicted octanol–water partition coefficient (Wildman–Crippen LogP) is -3.40. The first kappa shape index (κ1) is 65.8. The monoisotopic (exact) mass is 1080 g/mol. The minimum absolute atomic E-state index is 0.00427. The fourth-order valence-electron chi connectivity index (χ4n) is 7.04. The minimum atomic E-state index is -1.56. The zero-order valence-corrected chi connectivity index (χ0v) is 44.3. The molecule has 1 rings (SSSR count). The van der Waals surface area contributed by atoms with Gasteiger partial charge in [-0.15, -0.1) is 0 Å². The van der Waals surface area contributed by atoms with Gasteiger partial charge in [0.1, 0.15) is 42.3 Å². The Kier molecular flexibility index (Phi) is 30.7. The number of hydrogen-bond acceptors (Lipinski definition) is 14. The molecule has 0 heterocycles. The van der Waals surface area contributed by atoms with Gasteiger partial charge in [-0.05, 0) is 81.3 Å². The van der Waals surface area contributed by atoms with Gasteiger partial charge in [0.2, 0.25) is 47.3 Å². The van der Waals surface area contributed by atoms with Crippen LogP contribution in [-0.2, 0) is 54.4 Å². The van der Waals surface area contributed by atoms with Gasteiger partial charge in [-0.2, -0.15) is 11.8 Å². The van der Waals surface area contributed by atoms with Crippen molar-refractivity contribution in [2.75, 3.05) is 31.6 Å². The van der Waals surface area contributed by atoms with Crippen LogP contribution in [0.2, 0.25) is 0 Å². The second kappa shape index (κ2) is 35.1. The van der Waals surface area contributed by atoms with E-state index in [1.807, 2.05) is 0 Å². The molecule has 0 saturated carbocycles. The third-order valence-corrected chi connectivity index (χ3v) is 11.7. The summed E-state index contributed by atoms with van der Waals surface area (Å²) < 4.78 is 0. The topological polar surface area (TPSA) is 462 Å². The number of nitrogens with zero attached hydrogens (tertiary/aromatic N) is 2. The van der Waals surface area contributed by atoms with Gasteiger partial charge in [-0.1, -0.05) is 58.0 Å². The van der Waals surface area contributed by atoms with Crippen molar-refractivity contribution in [2.24, 2.45) is 50.5 Å². The van der Waals surface area contributed by atoms with Crippen molar-refractivity contribution in [1.82, 2.24) is 42.5 Å². The van der Waals surface area contributed by atoms with Gasteiger partial charge in [-0.25, -0.2) is 4.79 Å². The summed E-state index contributed by atoms with van der Waals surface area (Å²) in [4.78, 5) is 140. The van der Waals surface area contributed by atoms with Gasteiger partial charge in [0, 0.05) is 25.9 Å². The van der Waals surface area contributed by atoms with Gasteiger partial charge in [0.25, 0.3) is 0 Å². The number of rotatable bonds is 36. The van der Waals surface area contributed by atoms with Crippen molar-refractivity contribution in [3.8, 4) is 0 Å². The number of aliphatic carboxylic acids is 2. The Labute approximate surface area is 441 Å². The Hall–Kier alpha value is -7.23. The van der Waals surface area contributed by atoms with E-state index >= 15 is 0 Å². The Morgan fingerprint density at radius 3 is 1.49 bits per heavy atom. The van der Waals surface area contributed by atoms with Crippen molar-refractivity contribution >= 4 is 82.9 Å². The molecule has 0 aliphatic heterocycles. The van der Waals surface area contributed by atoms with Crippen molar-refractivity contribution in [3.05, 3.63) is 35.9 Å². The van der Waals surface area contributed by atoms with E-state index < -0.39 is 133 Å². The summed E-state index contributed by atoms with van der Waals surface area (Å²) in [6, 6.07) is -1.71. The highest BCUT2D eigenvalue weighted by Crippen LogP contribution is 2.12. The molecule has 1 aromatic rings. The maximum Gasteiger partial charge on any atom is 0.326 e. The predicted molar refractivity (Wildman–Crippen MR) is 282 cm³/mol. The van der Waals surface area contributed by atoms with Crippen LogP contribution in [0.4, 0.5) is 0 Å². The van der Waals surface area contributed by atoms with E-state index in [4.69, 9.17) is 28.7 Å². The van der Waals surface area contributed by atoms with E-state index in [1.165, 1.54) is 18.7 Å². The van der Waals surface area contributed by atoms with Crippen LogP contribution in [0.5, 0.6) is 0 Å². The summed E-state index contributed by atoms with van der Waals surface area (Å²) in [7, 11) is 0. The number of thioether (sulfide) groups is 1. The molecule has 0 aliphatic rings. The van der Waals surface area contributed by atoms with Crippen molar-refractivity contribution in [3.63, 3.8) is 0 Å². The van der Waals surface area contributed by atoms with Crippen LogP contribution < -0.4 is 71.2 Å². The van der Waals surface area contributed by atoms with Crippen molar-refractivity contribution in [1.29, 1.82) is 0 Å². The van der Waals surface area contributed by atoms with Crippen molar-refractivity contribution in [2.45, 2.75) is 141 Å². The summed E-state index contributed by atoms with van der Waals surface area (Å²) in [6.45, 7) is 7.66. The van der Waals surface area contributed by atoms with E-state index in [2.05, 4.69) is 52.5 Å². The molecular formula is C47H79N15O12S. The average molecular weight is 1080 g/mol. The molecule has 0 unspecified atom stereocenters. The van der Waals surface area contributed by atoms with E-state index in [0.717, 1.165) is 0 Å². The summed E-state index contributed by atoms with van der Waals surface area (Å²) in [5.41, 5.74) is 27.9. The molecule has 0 aromatic heterocycles. The van der Waals surface area contributed by atoms with E-state index in [-0.39, 0.29) is 75.9 Å². The summed E-state index contributed by atoms with van der Waals surface area (Å²) in [5.74, 6) is -10.1. The van der Waals surface area contributed by atoms with Crippen LogP contribution in [0.25, 0.3) is 0 Å². The summed E-state index contributed by atoms with van der Waals surface area (Å²) in [6.07, 6.45) is 1.19. The lowest BCUT2D eigenvalue weighted by Gasteiger charge is -2.28. The van der Waals surface area contributed by atoms with Gasteiger partial charge >= 0.3 is 11.9 Å². The maximum absolute atomic E-state index is 14.1. The second-order valence-electron chi connectivity index (χ2n) is 18.4. The third-order valence-electron chi connectivity index (χ3n) is 11.0. The highest BCUT2D eigenvalue weighted by Gasteiger charge is 2.35. The Bertz CT molecular complexity index is 2120. The highest BCUT2D eigenvalue weighted by molar-refractivity contribution is 7.98. The second-order valence-corrected chi connectivity index (χ2v) is 19.4. The molecule has 27 nitrogen and oxygen atoms in total. The molecule has 0 aliphatic carbocycles. The Balaban J connectivity index is 3.35. The standard InChI is InChI=1S/C47H79N15O12S/c1-25(2)22-33(43(71)58-32(18-21-75-6)42(70)57-30(15-11-20-54-47(51)52)40(68)61-34(45(73)74)23-28-12-8-7-9-13-28)60-41(69)31(16-17-36(64)65)59-44(72)37(26(3)4)62-35(63)24-55-39(67)29(56-38(66)27(5)48)14-10-19-53-46(49)50/h7-9,12-13,25-27,29-34,37H,10-11,14-24,48H2,1-6H3,(H,55,67)(H,56,66)(H,57,70)(H,58,71)(H,59,72)(H,60,69)(H,61,68)(H,62,63)(H,64,65)(H,73,74)(H4,49,50,53)(H4,51,52,54)/t27-,29-,30-,31-,32-,33-,34-,37-/m0/s1. The zero-order valence-electron chi connectivity index (χ0n) is 43.5. The van der Waals surface area contributed by atoms with E-state index in [9.17, 15) is 58.2 Å². The number of aliphatic imine (C=N–C) groups is 2. The lowest BCUT2D eigenvalue weighted by atomic mass is 10.00. The maximum atomic E-state index is 14.1. The molecule has 420 valence electrons. The molecule has 0 radical (unpaired) electrons. The smallest absolute Gasteiger partial charge is 0.326 e. The summed E-state index contributed by atoms with van der Waals surface area (Å²) >= 11 is 1.35. The van der Waals surface area contributed by atoms with Gasteiger partial charge < -0.3 is 81.4 Å². The molecule has 0 spiro atoms. The SMILES string of the molecule is CSCC[C@H](NC(=O)[C@H](CC(C)C)NC(=O)[C@H](CCC(=O)O)NC(=O)[C@@H](NC(=O)CNC(=O)[C@H](CCCN=C(N)N)NC(=O)[C@H](C)N)C(C)C)C(=O)N[C@@H](CCCN=C(N)N)C(=O)N[C@@H](Cc1ccccc1)C(=O)O. The number of carboxylic acid groups (broad SMARTS) is 2. The lowest BCUT2D eigenvalue weighted by molar-refractivity contribution is -0.142. The molecular weight excluding hydrogens is 999 g/mol. The number of carbonyl (C=O) groups excluding carboxylic acids is 8. The number of benzene rings is 1. The first-order chi connectivity index (χ1) is 35.2. The first-order valence-electron chi connectivity index (χ1n) is 24.5. The number of guanidine groups is 2. The molecule has 0 saturated heterocycles. The van der Waals surface area contributed by atoms with Gasteiger partial charge in [0.05, 0.1) is 12.6 Å². The number of carbonyl (C=O) groups is 10. The molecule has 75 heavy (non-hydrogen) atoms. The molecule has 8 amide bonds. The zero-order chi connectivity index (χ0) is 56.8. The molecule has 0 fully saturated rings. The van der Waals surface area contributed by atoms with E-state index in [1.54, 1.807) is 64.3 Å². The number of hydrogen-bond donors (Lipinski definition) is 15.